The predicted octanol–water partition coefficient (Wildman–Crippen LogP) is 2.60. The summed E-state index contributed by atoms with van der Waals surface area (Å²) in [5, 5.41) is 9.23. The zero-order valence-electron chi connectivity index (χ0n) is 8.57. The van der Waals surface area contributed by atoms with Crippen LogP contribution in [0.3, 0.4) is 0 Å². The summed E-state index contributed by atoms with van der Waals surface area (Å²) in [4.78, 5) is 6.46. The molecule has 3 nitrogen and oxygen atoms in total. The van der Waals surface area contributed by atoms with Crippen molar-refractivity contribution in [2.24, 2.45) is 0 Å². The number of rotatable bonds is 3. The molecule has 0 radical (unpaired) electrons. The van der Waals surface area contributed by atoms with Gasteiger partial charge in [-0.05, 0) is 31.9 Å². The standard InChI is InChI=1S/C11H12ClN3/c1-2-15(9-3-4-9)11-6-8(7-13)5-10(12)14-11/h5-6,9H,2-4H2,1H3. The lowest BCUT2D eigenvalue weighted by Gasteiger charge is -2.21. The van der Waals surface area contributed by atoms with E-state index >= 15 is 0 Å². The number of nitriles is 1. The van der Waals surface area contributed by atoms with E-state index in [4.69, 9.17) is 16.9 Å². The smallest absolute Gasteiger partial charge is 0.132 e. The molecule has 1 heterocycles. The number of hydrogen-bond donors (Lipinski definition) is 0. The molecule has 1 aliphatic carbocycles. The molecule has 1 fully saturated rings. The van der Waals surface area contributed by atoms with Gasteiger partial charge in [-0.25, -0.2) is 4.98 Å². The molecule has 15 heavy (non-hydrogen) atoms. The number of nitrogens with zero attached hydrogens (tertiary/aromatic N) is 3. The monoisotopic (exact) mass is 221 g/mol. The van der Waals surface area contributed by atoms with Gasteiger partial charge in [0.15, 0.2) is 0 Å². The summed E-state index contributed by atoms with van der Waals surface area (Å²) < 4.78 is 0. The van der Waals surface area contributed by atoms with Gasteiger partial charge in [0.25, 0.3) is 0 Å². The molecule has 0 bridgehead atoms. The Hall–Kier alpha value is -1.27. The number of aromatic nitrogens is 1. The molecule has 0 amide bonds. The van der Waals surface area contributed by atoms with Crippen LogP contribution in [0.2, 0.25) is 5.15 Å². The third-order valence-corrected chi connectivity index (χ3v) is 2.73. The minimum absolute atomic E-state index is 0.392. The van der Waals surface area contributed by atoms with Crippen molar-refractivity contribution in [3.8, 4) is 6.07 Å². The van der Waals surface area contributed by atoms with Gasteiger partial charge in [0.2, 0.25) is 0 Å². The van der Waals surface area contributed by atoms with Crippen LogP contribution in [0.1, 0.15) is 25.3 Å². The fourth-order valence-corrected chi connectivity index (χ4v) is 1.89. The molecule has 1 saturated carbocycles. The van der Waals surface area contributed by atoms with Gasteiger partial charge in [-0.15, -0.1) is 0 Å². The van der Waals surface area contributed by atoms with Gasteiger partial charge < -0.3 is 4.90 Å². The zero-order chi connectivity index (χ0) is 10.8. The lowest BCUT2D eigenvalue weighted by molar-refractivity contribution is 0.808. The van der Waals surface area contributed by atoms with Gasteiger partial charge in [-0.3, -0.25) is 0 Å². The van der Waals surface area contributed by atoms with E-state index in [0.717, 1.165) is 12.4 Å². The number of pyridine rings is 1. The molecule has 1 aromatic rings. The summed E-state index contributed by atoms with van der Waals surface area (Å²) >= 11 is 5.87. The molecule has 1 aromatic heterocycles. The minimum atomic E-state index is 0.392. The first-order valence-electron chi connectivity index (χ1n) is 5.09. The molecular formula is C11H12ClN3. The quantitative estimate of drug-likeness (QED) is 0.737. The average Bonchev–Trinajstić information content (AvgIpc) is 3.02. The summed E-state index contributed by atoms with van der Waals surface area (Å²) in [6.45, 7) is 3.00. The molecule has 0 unspecified atom stereocenters. The van der Waals surface area contributed by atoms with Crippen LogP contribution in [0.4, 0.5) is 5.82 Å². The summed E-state index contributed by atoms with van der Waals surface area (Å²) in [6, 6.07) is 6.07. The Morgan fingerprint density at radius 1 is 1.60 bits per heavy atom. The summed E-state index contributed by atoms with van der Waals surface area (Å²) in [7, 11) is 0. The second kappa shape index (κ2) is 4.08. The Labute approximate surface area is 94.3 Å². The normalized spacial score (nSPS) is 14.7. The van der Waals surface area contributed by atoms with Crippen LogP contribution in [0.15, 0.2) is 12.1 Å². The molecule has 1 aliphatic rings. The average molecular weight is 222 g/mol. The van der Waals surface area contributed by atoms with E-state index in [-0.39, 0.29) is 0 Å². The van der Waals surface area contributed by atoms with E-state index < -0.39 is 0 Å². The molecule has 2 rings (SSSR count). The third-order valence-electron chi connectivity index (χ3n) is 2.53. The maximum atomic E-state index is 8.84. The molecule has 0 atom stereocenters. The van der Waals surface area contributed by atoms with Crippen LogP contribution >= 0.6 is 11.6 Å². The molecule has 0 N–H and O–H groups in total. The number of halogens is 1. The van der Waals surface area contributed by atoms with Gasteiger partial charge >= 0.3 is 0 Å². The van der Waals surface area contributed by atoms with Crippen molar-refractivity contribution >= 4 is 17.4 Å². The minimum Gasteiger partial charge on any atom is -0.354 e. The van der Waals surface area contributed by atoms with Crippen LogP contribution in [0.5, 0.6) is 0 Å². The summed E-state index contributed by atoms with van der Waals surface area (Å²) in [6.07, 6.45) is 2.42. The molecule has 0 saturated heterocycles. The van der Waals surface area contributed by atoms with Crippen molar-refractivity contribution in [3.63, 3.8) is 0 Å². The summed E-state index contributed by atoms with van der Waals surface area (Å²) in [5.74, 6) is 0.823. The van der Waals surface area contributed by atoms with E-state index in [0.29, 0.717) is 16.8 Å². The Morgan fingerprint density at radius 3 is 2.87 bits per heavy atom. The van der Waals surface area contributed by atoms with Crippen LogP contribution in [0, 0.1) is 11.3 Å². The molecule has 0 aliphatic heterocycles. The first kappa shape index (κ1) is 10.3. The van der Waals surface area contributed by atoms with E-state index in [1.807, 2.05) is 0 Å². The van der Waals surface area contributed by atoms with Crippen molar-refractivity contribution < 1.29 is 0 Å². The first-order chi connectivity index (χ1) is 7.24. The Kier molecular flexibility index (Phi) is 2.79. The molecule has 78 valence electrons. The maximum absolute atomic E-state index is 8.84. The van der Waals surface area contributed by atoms with E-state index in [1.54, 1.807) is 12.1 Å². The fraction of sp³-hybridized carbons (Fsp3) is 0.455. The lowest BCUT2D eigenvalue weighted by Crippen LogP contribution is -2.26. The second-order valence-corrected chi connectivity index (χ2v) is 4.05. The largest absolute Gasteiger partial charge is 0.354 e. The molecular weight excluding hydrogens is 210 g/mol. The zero-order valence-corrected chi connectivity index (χ0v) is 9.33. The van der Waals surface area contributed by atoms with E-state index in [9.17, 15) is 0 Å². The van der Waals surface area contributed by atoms with Gasteiger partial charge in [0, 0.05) is 12.6 Å². The highest BCUT2D eigenvalue weighted by Gasteiger charge is 2.29. The predicted molar refractivity (Wildman–Crippen MR) is 60.0 cm³/mol. The Balaban J connectivity index is 2.33. The highest BCUT2D eigenvalue weighted by Crippen LogP contribution is 2.31. The first-order valence-corrected chi connectivity index (χ1v) is 5.46. The van der Waals surface area contributed by atoms with Crippen molar-refractivity contribution in [2.45, 2.75) is 25.8 Å². The summed E-state index contributed by atoms with van der Waals surface area (Å²) in [5.41, 5.74) is 0.573. The highest BCUT2D eigenvalue weighted by molar-refractivity contribution is 6.29. The molecule has 0 aromatic carbocycles. The van der Waals surface area contributed by atoms with Crippen LogP contribution in [-0.4, -0.2) is 17.6 Å². The molecule has 0 spiro atoms. The van der Waals surface area contributed by atoms with Crippen LogP contribution in [-0.2, 0) is 0 Å². The highest BCUT2D eigenvalue weighted by atomic mass is 35.5. The van der Waals surface area contributed by atoms with Gasteiger partial charge in [-0.1, -0.05) is 11.6 Å². The maximum Gasteiger partial charge on any atom is 0.132 e. The number of hydrogen-bond acceptors (Lipinski definition) is 3. The topological polar surface area (TPSA) is 39.9 Å². The lowest BCUT2D eigenvalue weighted by atomic mass is 10.3. The Morgan fingerprint density at radius 2 is 2.33 bits per heavy atom. The second-order valence-electron chi connectivity index (χ2n) is 3.67. The van der Waals surface area contributed by atoms with Gasteiger partial charge in [0.1, 0.15) is 11.0 Å². The van der Waals surface area contributed by atoms with Crippen molar-refractivity contribution in [3.05, 3.63) is 22.8 Å². The van der Waals surface area contributed by atoms with Gasteiger partial charge in [-0.2, -0.15) is 5.26 Å². The Bertz CT molecular complexity index is 407. The fourth-order valence-electron chi connectivity index (χ4n) is 1.69. The van der Waals surface area contributed by atoms with Crippen molar-refractivity contribution in [2.75, 3.05) is 11.4 Å². The number of anilines is 1. The van der Waals surface area contributed by atoms with Crippen molar-refractivity contribution in [1.82, 2.24) is 4.98 Å². The third kappa shape index (κ3) is 2.21. The molecule has 4 heteroatoms. The van der Waals surface area contributed by atoms with Gasteiger partial charge in [0.05, 0.1) is 11.6 Å². The SMILES string of the molecule is CCN(c1cc(C#N)cc(Cl)n1)C1CC1. The van der Waals surface area contributed by atoms with Crippen LogP contribution in [0.25, 0.3) is 0 Å². The van der Waals surface area contributed by atoms with Crippen LogP contribution < -0.4 is 4.90 Å². The van der Waals surface area contributed by atoms with E-state index in [2.05, 4.69) is 22.9 Å². The van der Waals surface area contributed by atoms with Crippen molar-refractivity contribution in [1.29, 1.82) is 5.26 Å². The van der Waals surface area contributed by atoms with E-state index in [1.165, 1.54) is 12.8 Å².